The second-order valence-electron chi connectivity index (χ2n) is 7.17. The number of nitrogens with zero attached hydrogens (tertiary/aromatic N) is 1. The van der Waals surface area contributed by atoms with Crippen molar-refractivity contribution in [1.29, 1.82) is 0 Å². The number of carbonyl (C=O) groups excluding carboxylic acids is 1. The van der Waals surface area contributed by atoms with E-state index in [1.807, 2.05) is 24.3 Å². The molecule has 2 aliphatic rings. The van der Waals surface area contributed by atoms with Crippen molar-refractivity contribution < 1.29 is 15.0 Å². The van der Waals surface area contributed by atoms with Crippen molar-refractivity contribution in [2.45, 2.75) is 43.1 Å². The molecule has 1 atom stereocenters. The van der Waals surface area contributed by atoms with Crippen molar-refractivity contribution in [3.8, 4) is 0 Å². The molecule has 6 heteroatoms. The van der Waals surface area contributed by atoms with E-state index in [2.05, 4.69) is 5.32 Å². The molecule has 5 nitrogen and oxygen atoms in total. The number of amides is 2. The summed E-state index contributed by atoms with van der Waals surface area (Å²) < 4.78 is 0. The summed E-state index contributed by atoms with van der Waals surface area (Å²) in [6.45, 7) is 1.45. The zero-order chi connectivity index (χ0) is 17.2. The molecule has 0 unspecified atom stereocenters. The van der Waals surface area contributed by atoms with Gasteiger partial charge in [-0.3, -0.25) is 0 Å². The maximum absolute atomic E-state index is 12.5. The molecule has 0 aromatic heterocycles. The Labute approximate surface area is 147 Å². The lowest BCUT2D eigenvalue weighted by atomic mass is 9.96. The highest BCUT2D eigenvalue weighted by Crippen LogP contribution is 2.47. The summed E-state index contributed by atoms with van der Waals surface area (Å²) in [4.78, 5) is 14.2. The van der Waals surface area contributed by atoms with Gasteiger partial charge in [0.25, 0.3) is 0 Å². The number of nitrogens with one attached hydrogen (secondary N) is 1. The van der Waals surface area contributed by atoms with Crippen LogP contribution < -0.4 is 5.32 Å². The van der Waals surface area contributed by atoms with Crippen LogP contribution in [0.3, 0.4) is 0 Å². The average Bonchev–Trinajstić information content (AvgIpc) is 3.39. The minimum Gasteiger partial charge on any atom is -0.393 e. The molecular formula is C18H25ClN2O3. The standard InChI is InChI=1S/C18H25ClN2O3/c19-15-4-2-14(3-5-15)17(7-8-17)12-20-16(23)21-10-1-6-18(24,13-22)9-11-21/h2-5,22,24H,1,6-13H2,(H,20,23)/t18-/m1/s1. The minimum atomic E-state index is -1.05. The third-order valence-electron chi connectivity index (χ3n) is 5.39. The number of aliphatic hydroxyl groups excluding tert-OH is 1. The topological polar surface area (TPSA) is 72.8 Å². The van der Waals surface area contributed by atoms with Crippen LogP contribution in [0.4, 0.5) is 4.79 Å². The van der Waals surface area contributed by atoms with E-state index in [1.54, 1.807) is 4.90 Å². The molecule has 1 heterocycles. The molecule has 3 rings (SSSR count). The van der Waals surface area contributed by atoms with Crippen LogP contribution in [0, 0.1) is 0 Å². The lowest BCUT2D eigenvalue weighted by Crippen LogP contribution is -2.44. The van der Waals surface area contributed by atoms with E-state index < -0.39 is 5.60 Å². The van der Waals surface area contributed by atoms with Crippen molar-refractivity contribution in [3.05, 3.63) is 34.9 Å². The van der Waals surface area contributed by atoms with Gasteiger partial charge in [-0.05, 0) is 49.8 Å². The smallest absolute Gasteiger partial charge is 0.317 e. The molecule has 0 bridgehead atoms. The molecule has 1 aliphatic carbocycles. The van der Waals surface area contributed by atoms with Gasteiger partial charge in [0, 0.05) is 30.1 Å². The highest BCUT2D eigenvalue weighted by molar-refractivity contribution is 6.30. The summed E-state index contributed by atoms with van der Waals surface area (Å²) in [5.41, 5.74) is 0.214. The van der Waals surface area contributed by atoms with Gasteiger partial charge in [0.1, 0.15) is 0 Å². The molecule has 1 saturated heterocycles. The summed E-state index contributed by atoms with van der Waals surface area (Å²) in [5.74, 6) is 0. The van der Waals surface area contributed by atoms with Gasteiger partial charge in [0.2, 0.25) is 0 Å². The number of rotatable bonds is 4. The number of benzene rings is 1. The van der Waals surface area contributed by atoms with E-state index in [4.69, 9.17) is 11.6 Å². The number of urea groups is 1. The Bertz CT molecular complexity index is 588. The van der Waals surface area contributed by atoms with Crippen molar-refractivity contribution in [1.82, 2.24) is 10.2 Å². The summed E-state index contributed by atoms with van der Waals surface area (Å²) in [6.07, 6.45) is 3.78. The van der Waals surface area contributed by atoms with E-state index in [9.17, 15) is 15.0 Å². The zero-order valence-electron chi connectivity index (χ0n) is 13.8. The highest BCUT2D eigenvalue weighted by Gasteiger charge is 2.44. The van der Waals surface area contributed by atoms with E-state index in [-0.39, 0.29) is 18.1 Å². The second-order valence-corrected chi connectivity index (χ2v) is 7.61. The second kappa shape index (κ2) is 6.90. The Balaban J connectivity index is 1.55. The van der Waals surface area contributed by atoms with Gasteiger partial charge in [0.05, 0.1) is 12.2 Å². The van der Waals surface area contributed by atoms with Crippen molar-refractivity contribution in [2.75, 3.05) is 26.2 Å². The first kappa shape index (κ1) is 17.5. The van der Waals surface area contributed by atoms with Crippen LogP contribution in [0.25, 0.3) is 0 Å². The Morgan fingerprint density at radius 2 is 1.88 bits per heavy atom. The predicted molar refractivity (Wildman–Crippen MR) is 93.2 cm³/mol. The van der Waals surface area contributed by atoms with Gasteiger partial charge in [-0.2, -0.15) is 0 Å². The van der Waals surface area contributed by atoms with Gasteiger partial charge < -0.3 is 20.4 Å². The molecule has 1 saturated carbocycles. The summed E-state index contributed by atoms with van der Waals surface area (Å²) in [7, 11) is 0. The maximum Gasteiger partial charge on any atom is 0.317 e. The van der Waals surface area contributed by atoms with Crippen LogP contribution in [-0.2, 0) is 5.41 Å². The zero-order valence-corrected chi connectivity index (χ0v) is 14.6. The van der Waals surface area contributed by atoms with Gasteiger partial charge in [-0.15, -0.1) is 0 Å². The fraction of sp³-hybridized carbons (Fsp3) is 0.611. The summed E-state index contributed by atoms with van der Waals surface area (Å²) >= 11 is 5.95. The van der Waals surface area contributed by atoms with Crippen molar-refractivity contribution in [3.63, 3.8) is 0 Å². The average molecular weight is 353 g/mol. The fourth-order valence-corrected chi connectivity index (χ4v) is 3.54. The van der Waals surface area contributed by atoms with Crippen LogP contribution >= 0.6 is 11.6 Å². The number of halogens is 1. The normalized spacial score (nSPS) is 25.9. The number of aliphatic hydroxyl groups is 2. The SMILES string of the molecule is O=C(NCC1(c2ccc(Cl)cc2)CC1)N1CCC[C@](O)(CO)CC1. The Hall–Kier alpha value is -1.30. The Morgan fingerprint density at radius 3 is 2.50 bits per heavy atom. The third-order valence-corrected chi connectivity index (χ3v) is 5.64. The largest absolute Gasteiger partial charge is 0.393 e. The highest BCUT2D eigenvalue weighted by atomic mass is 35.5. The van der Waals surface area contributed by atoms with Crippen LogP contribution in [-0.4, -0.2) is 53.0 Å². The maximum atomic E-state index is 12.5. The molecule has 3 N–H and O–H groups in total. The van der Waals surface area contributed by atoms with Gasteiger partial charge in [-0.1, -0.05) is 23.7 Å². The van der Waals surface area contributed by atoms with Crippen LogP contribution in [0.1, 0.15) is 37.7 Å². The van der Waals surface area contributed by atoms with Gasteiger partial charge in [0.15, 0.2) is 0 Å². The van der Waals surface area contributed by atoms with Crippen molar-refractivity contribution >= 4 is 17.6 Å². The van der Waals surface area contributed by atoms with Gasteiger partial charge >= 0.3 is 6.03 Å². The number of likely N-dealkylation sites (tertiary alicyclic amines) is 1. The lowest BCUT2D eigenvalue weighted by Gasteiger charge is -2.25. The summed E-state index contributed by atoms with van der Waals surface area (Å²) in [6, 6.07) is 7.77. The van der Waals surface area contributed by atoms with E-state index in [0.717, 1.165) is 17.9 Å². The Morgan fingerprint density at radius 1 is 1.17 bits per heavy atom. The first-order valence-corrected chi connectivity index (χ1v) is 8.96. The first-order valence-electron chi connectivity index (χ1n) is 8.59. The monoisotopic (exact) mass is 352 g/mol. The number of carbonyl (C=O) groups is 1. The summed E-state index contributed by atoms with van der Waals surface area (Å²) in [5, 5.41) is 23.2. The van der Waals surface area contributed by atoms with Crippen molar-refractivity contribution in [2.24, 2.45) is 0 Å². The van der Waals surface area contributed by atoms with Crippen LogP contribution in [0.15, 0.2) is 24.3 Å². The molecule has 2 fully saturated rings. The molecule has 132 valence electrons. The molecule has 0 spiro atoms. The number of hydrogen-bond donors (Lipinski definition) is 3. The molecular weight excluding hydrogens is 328 g/mol. The Kier molecular flexibility index (Phi) is 5.04. The fourth-order valence-electron chi connectivity index (χ4n) is 3.42. The quantitative estimate of drug-likeness (QED) is 0.778. The van der Waals surface area contributed by atoms with Crippen LogP contribution in [0.5, 0.6) is 0 Å². The van der Waals surface area contributed by atoms with E-state index >= 15 is 0 Å². The number of hydrogen-bond acceptors (Lipinski definition) is 3. The third kappa shape index (κ3) is 3.85. The predicted octanol–water partition coefficient (Wildman–Crippen LogP) is 2.29. The van der Waals surface area contributed by atoms with E-state index in [0.29, 0.717) is 38.9 Å². The molecule has 1 aliphatic heterocycles. The van der Waals surface area contributed by atoms with Crippen LogP contribution in [0.2, 0.25) is 5.02 Å². The van der Waals surface area contributed by atoms with Gasteiger partial charge in [-0.25, -0.2) is 4.79 Å². The molecule has 0 radical (unpaired) electrons. The molecule has 1 aromatic rings. The van der Waals surface area contributed by atoms with E-state index in [1.165, 1.54) is 5.56 Å². The molecule has 24 heavy (non-hydrogen) atoms. The minimum absolute atomic E-state index is 0.0396. The first-order chi connectivity index (χ1) is 11.5. The molecule has 2 amide bonds. The lowest BCUT2D eigenvalue weighted by molar-refractivity contribution is -0.0248. The molecule has 1 aromatic carbocycles.